The maximum atomic E-state index is 5.65. The fourth-order valence-electron chi connectivity index (χ4n) is 1.58. The Morgan fingerprint density at radius 1 is 1.31 bits per heavy atom. The Morgan fingerprint density at radius 2 is 1.94 bits per heavy atom. The van der Waals surface area contributed by atoms with E-state index in [1.807, 2.05) is 0 Å². The number of nitrogens with two attached hydrogens (primary N) is 1. The quantitative estimate of drug-likeness (QED) is 0.879. The lowest BCUT2D eigenvalue weighted by Crippen LogP contribution is -2.34. The number of halogens is 1. The van der Waals surface area contributed by atoms with Crippen LogP contribution in [0.5, 0.6) is 0 Å². The minimum absolute atomic E-state index is 0. The van der Waals surface area contributed by atoms with E-state index in [1.165, 1.54) is 16.7 Å². The van der Waals surface area contributed by atoms with Crippen molar-refractivity contribution in [1.29, 1.82) is 0 Å². The Kier molecular flexibility index (Phi) is 6.65. The first kappa shape index (κ1) is 15.4. The topological polar surface area (TPSA) is 29.3 Å². The van der Waals surface area contributed by atoms with E-state index >= 15 is 0 Å². The average Bonchev–Trinajstić information content (AvgIpc) is 2.22. The zero-order chi connectivity index (χ0) is 11.4. The molecule has 0 heterocycles. The van der Waals surface area contributed by atoms with Crippen LogP contribution in [0.1, 0.15) is 23.6 Å². The number of aryl methyl sites for hydroxylation is 2. The third kappa shape index (κ3) is 4.12. The molecule has 1 aromatic carbocycles. The summed E-state index contributed by atoms with van der Waals surface area (Å²) in [5, 5.41) is 0. The van der Waals surface area contributed by atoms with Crippen LogP contribution in [0.15, 0.2) is 18.2 Å². The van der Waals surface area contributed by atoms with E-state index in [0.717, 1.165) is 6.54 Å². The lowest BCUT2D eigenvalue weighted by molar-refractivity contribution is 0.254. The SMILES string of the molecule is Cc1ccc(C)c(CN(C)C(C)CN)c1.Cl. The van der Waals surface area contributed by atoms with Crippen LogP contribution in [0.25, 0.3) is 0 Å². The highest BCUT2D eigenvalue weighted by molar-refractivity contribution is 5.85. The van der Waals surface area contributed by atoms with Crippen molar-refractivity contribution in [2.45, 2.75) is 33.4 Å². The van der Waals surface area contributed by atoms with Gasteiger partial charge in [-0.2, -0.15) is 0 Å². The molecule has 1 rings (SSSR count). The molecule has 0 aliphatic heterocycles. The summed E-state index contributed by atoms with van der Waals surface area (Å²) < 4.78 is 0. The molecule has 0 aliphatic carbocycles. The lowest BCUT2D eigenvalue weighted by atomic mass is 10.0. The number of rotatable bonds is 4. The van der Waals surface area contributed by atoms with Crippen LogP contribution < -0.4 is 5.73 Å². The Hall–Kier alpha value is -0.570. The van der Waals surface area contributed by atoms with Gasteiger partial charge in [-0.1, -0.05) is 23.8 Å². The molecule has 1 atom stereocenters. The van der Waals surface area contributed by atoms with E-state index < -0.39 is 0 Å². The zero-order valence-electron chi connectivity index (χ0n) is 10.7. The van der Waals surface area contributed by atoms with Crippen molar-refractivity contribution in [2.75, 3.05) is 13.6 Å². The van der Waals surface area contributed by atoms with Crippen molar-refractivity contribution in [3.05, 3.63) is 34.9 Å². The summed E-state index contributed by atoms with van der Waals surface area (Å²) in [4.78, 5) is 2.29. The minimum Gasteiger partial charge on any atom is -0.329 e. The second kappa shape index (κ2) is 6.89. The van der Waals surface area contributed by atoms with E-state index in [1.54, 1.807) is 0 Å². The predicted octanol–water partition coefficient (Wildman–Crippen LogP) is 2.50. The summed E-state index contributed by atoms with van der Waals surface area (Å²) >= 11 is 0. The van der Waals surface area contributed by atoms with E-state index in [4.69, 9.17) is 5.73 Å². The highest BCUT2D eigenvalue weighted by Gasteiger charge is 2.08. The molecule has 0 fully saturated rings. The number of likely N-dealkylation sites (N-methyl/N-ethyl adjacent to an activating group) is 1. The van der Waals surface area contributed by atoms with Crippen LogP contribution in [-0.2, 0) is 6.54 Å². The van der Waals surface area contributed by atoms with Gasteiger partial charge in [0.15, 0.2) is 0 Å². The molecule has 0 amide bonds. The monoisotopic (exact) mass is 242 g/mol. The summed E-state index contributed by atoms with van der Waals surface area (Å²) in [5.41, 5.74) is 9.74. The third-order valence-electron chi connectivity index (χ3n) is 3.02. The molecule has 0 bridgehead atoms. The molecule has 0 saturated carbocycles. The normalized spacial score (nSPS) is 12.4. The zero-order valence-corrected chi connectivity index (χ0v) is 11.5. The molecule has 1 aromatic rings. The molecular formula is C13H23ClN2. The summed E-state index contributed by atoms with van der Waals surface area (Å²) in [6, 6.07) is 7.04. The highest BCUT2D eigenvalue weighted by atomic mass is 35.5. The van der Waals surface area contributed by atoms with Gasteiger partial charge in [0.25, 0.3) is 0 Å². The molecular weight excluding hydrogens is 220 g/mol. The summed E-state index contributed by atoms with van der Waals surface area (Å²) in [6.45, 7) is 8.14. The Bertz CT molecular complexity index is 326. The van der Waals surface area contributed by atoms with Crippen LogP contribution in [-0.4, -0.2) is 24.5 Å². The largest absolute Gasteiger partial charge is 0.329 e. The van der Waals surface area contributed by atoms with Crippen LogP contribution in [0.3, 0.4) is 0 Å². The van der Waals surface area contributed by atoms with Crippen molar-refractivity contribution in [1.82, 2.24) is 4.90 Å². The fraction of sp³-hybridized carbons (Fsp3) is 0.538. The summed E-state index contributed by atoms with van der Waals surface area (Å²) in [5.74, 6) is 0. The standard InChI is InChI=1S/C13H22N2.ClH/c1-10-5-6-11(2)13(7-10)9-15(4)12(3)8-14;/h5-7,12H,8-9,14H2,1-4H3;1H. The van der Waals surface area contributed by atoms with Crippen LogP contribution >= 0.6 is 12.4 Å². The van der Waals surface area contributed by atoms with E-state index in [0.29, 0.717) is 12.6 Å². The van der Waals surface area contributed by atoms with Gasteiger partial charge in [0.2, 0.25) is 0 Å². The summed E-state index contributed by atoms with van der Waals surface area (Å²) in [7, 11) is 2.12. The first-order chi connectivity index (χ1) is 7.04. The molecule has 92 valence electrons. The van der Waals surface area contributed by atoms with Gasteiger partial charge < -0.3 is 5.73 Å². The van der Waals surface area contributed by atoms with Crippen molar-refractivity contribution in [3.8, 4) is 0 Å². The maximum Gasteiger partial charge on any atom is 0.0236 e. The number of nitrogens with zero attached hydrogens (tertiary/aromatic N) is 1. The first-order valence-electron chi connectivity index (χ1n) is 5.51. The highest BCUT2D eigenvalue weighted by Crippen LogP contribution is 2.13. The van der Waals surface area contributed by atoms with Gasteiger partial charge in [-0.3, -0.25) is 4.90 Å². The van der Waals surface area contributed by atoms with Crippen LogP contribution in [0.4, 0.5) is 0 Å². The van der Waals surface area contributed by atoms with E-state index in [9.17, 15) is 0 Å². The van der Waals surface area contributed by atoms with Gasteiger partial charge >= 0.3 is 0 Å². The summed E-state index contributed by atoms with van der Waals surface area (Å²) in [6.07, 6.45) is 0. The van der Waals surface area contributed by atoms with Crippen molar-refractivity contribution in [2.24, 2.45) is 5.73 Å². The molecule has 0 saturated heterocycles. The Labute approximate surface area is 105 Å². The molecule has 0 aromatic heterocycles. The van der Waals surface area contributed by atoms with Gasteiger partial charge in [0.05, 0.1) is 0 Å². The van der Waals surface area contributed by atoms with Crippen LogP contribution in [0.2, 0.25) is 0 Å². The lowest BCUT2D eigenvalue weighted by Gasteiger charge is -2.24. The first-order valence-corrected chi connectivity index (χ1v) is 5.51. The molecule has 0 aliphatic rings. The van der Waals surface area contributed by atoms with Crippen LogP contribution in [0, 0.1) is 13.8 Å². The molecule has 1 unspecified atom stereocenters. The molecule has 0 radical (unpaired) electrons. The van der Waals surface area contributed by atoms with Gasteiger partial charge in [-0.25, -0.2) is 0 Å². The number of hydrogen-bond donors (Lipinski definition) is 1. The molecule has 3 heteroatoms. The Morgan fingerprint density at radius 3 is 2.50 bits per heavy atom. The molecule has 2 nitrogen and oxygen atoms in total. The molecule has 0 spiro atoms. The Balaban J connectivity index is 0.00000225. The van der Waals surface area contributed by atoms with Gasteiger partial charge in [-0.05, 0) is 38.9 Å². The predicted molar refractivity (Wildman–Crippen MR) is 73.1 cm³/mol. The second-order valence-corrected chi connectivity index (χ2v) is 4.43. The molecule has 2 N–H and O–H groups in total. The fourth-order valence-corrected chi connectivity index (χ4v) is 1.58. The van der Waals surface area contributed by atoms with Gasteiger partial charge in [-0.15, -0.1) is 12.4 Å². The van der Waals surface area contributed by atoms with Crippen molar-refractivity contribution < 1.29 is 0 Å². The van der Waals surface area contributed by atoms with E-state index in [2.05, 4.69) is 50.9 Å². The second-order valence-electron chi connectivity index (χ2n) is 4.43. The average molecular weight is 243 g/mol. The number of hydrogen-bond acceptors (Lipinski definition) is 2. The third-order valence-corrected chi connectivity index (χ3v) is 3.02. The minimum atomic E-state index is 0. The maximum absolute atomic E-state index is 5.65. The van der Waals surface area contributed by atoms with Gasteiger partial charge in [0.1, 0.15) is 0 Å². The van der Waals surface area contributed by atoms with E-state index in [-0.39, 0.29) is 12.4 Å². The van der Waals surface area contributed by atoms with Crippen molar-refractivity contribution >= 4 is 12.4 Å². The molecule has 16 heavy (non-hydrogen) atoms. The number of benzene rings is 1. The van der Waals surface area contributed by atoms with Gasteiger partial charge in [0, 0.05) is 19.1 Å². The van der Waals surface area contributed by atoms with Crippen molar-refractivity contribution in [3.63, 3.8) is 0 Å². The smallest absolute Gasteiger partial charge is 0.0236 e.